The fraction of sp³-hybridized carbons (Fsp3) is 0.353. The van der Waals surface area contributed by atoms with Gasteiger partial charge in [0.05, 0.1) is 12.8 Å². The zero-order valence-electron chi connectivity index (χ0n) is 13.0. The molecular weight excluding hydrogens is 262 g/mol. The molecule has 0 fully saturated rings. The number of nitrogens with two attached hydrogens (primary N) is 1. The van der Waals surface area contributed by atoms with Gasteiger partial charge in [-0.05, 0) is 25.1 Å². The van der Waals surface area contributed by atoms with Gasteiger partial charge in [-0.2, -0.15) is 0 Å². The van der Waals surface area contributed by atoms with Crippen LogP contribution >= 0.6 is 0 Å². The zero-order valence-corrected chi connectivity index (χ0v) is 13.0. The molecule has 0 unspecified atom stereocenters. The van der Waals surface area contributed by atoms with Gasteiger partial charge in [-0.3, -0.25) is 9.88 Å². The van der Waals surface area contributed by atoms with Crippen molar-refractivity contribution in [3.8, 4) is 5.75 Å². The van der Waals surface area contributed by atoms with Gasteiger partial charge in [-0.1, -0.05) is 24.3 Å². The molecule has 4 nitrogen and oxygen atoms in total. The van der Waals surface area contributed by atoms with Crippen LogP contribution in [0.1, 0.15) is 22.5 Å². The minimum atomic E-state index is 0.586. The van der Waals surface area contributed by atoms with Crippen molar-refractivity contribution in [2.45, 2.75) is 26.6 Å². The Balaban J connectivity index is 2.00. The smallest absolute Gasteiger partial charge is 0.122 e. The molecule has 2 aromatic rings. The van der Waals surface area contributed by atoms with Gasteiger partial charge < -0.3 is 10.5 Å². The molecule has 1 aromatic heterocycles. The SMILES string of the molecule is COc1cc(C)nc(CN(C)Cc2ccc(CN)cc2)c1. The fourth-order valence-corrected chi connectivity index (χ4v) is 2.33. The van der Waals surface area contributed by atoms with E-state index in [1.54, 1.807) is 7.11 Å². The van der Waals surface area contributed by atoms with E-state index in [0.717, 1.165) is 35.8 Å². The number of hydrogen-bond acceptors (Lipinski definition) is 4. The summed E-state index contributed by atoms with van der Waals surface area (Å²) < 4.78 is 5.29. The molecule has 1 heterocycles. The van der Waals surface area contributed by atoms with Gasteiger partial charge in [0.15, 0.2) is 0 Å². The maximum absolute atomic E-state index is 5.61. The number of methoxy groups -OCH3 is 1. The lowest BCUT2D eigenvalue weighted by Gasteiger charge is -2.17. The average molecular weight is 285 g/mol. The van der Waals surface area contributed by atoms with Crippen molar-refractivity contribution in [3.05, 3.63) is 58.9 Å². The molecule has 2 N–H and O–H groups in total. The van der Waals surface area contributed by atoms with Crippen LogP contribution in [0, 0.1) is 6.92 Å². The Hall–Kier alpha value is -1.91. The number of hydrogen-bond donors (Lipinski definition) is 1. The van der Waals surface area contributed by atoms with E-state index < -0.39 is 0 Å². The quantitative estimate of drug-likeness (QED) is 0.886. The highest BCUT2D eigenvalue weighted by Crippen LogP contribution is 2.15. The van der Waals surface area contributed by atoms with Crippen LogP contribution in [0.5, 0.6) is 5.75 Å². The van der Waals surface area contributed by atoms with Crippen LogP contribution in [0.3, 0.4) is 0 Å². The second-order valence-electron chi connectivity index (χ2n) is 5.33. The van der Waals surface area contributed by atoms with Gasteiger partial charge in [0, 0.05) is 37.5 Å². The number of aryl methyl sites for hydroxylation is 1. The summed E-state index contributed by atoms with van der Waals surface area (Å²) >= 11 is 0. The maximum atomic E-state index is 5.61. The van der Waals surface area contributed by atoms with Gasteiger partial charge in [-0.15, -0.1) is 0 Å². The first-order valence-corrected chi connectivity index (χ1v) is 7.08. The largest absolute Gasteiger partial charge is 0.497 e. The minimum Gasteiger partial charge on any atom is -0.497 e. The molecule has 0 radical (unpaired) electrons. The first-order valence-electron chi connectivity index (χ1n) is 7.08. The van der Waals surface area contributed by atoms with Crippen molar-refractivity contribution in [1.29, 1.82) is 0 Å². The van der Waals surface area contributed by atoms with Gasteiger partial charge >= 0.3 is 0 Å². The summed E-state index contributed by atoms with van der Waals surface area (Å²) in [5, 5.41) is 0. The molecule has 0 saturated carbocycles. The van der Waals surface area contributed by atoms with Crippen LogP contribution in [0.15, 0.2) is 36.4 Å². The first-order chi connectivity index (χ1) is 10.1. The van der Waals surface area contributed by atoms with E-state index in [0.29, 0.717) is 6.54 Å². The van der Waals surface area contributed by atoms with E-state index in [9.17, 15) is 0 Å². The van der Waals surface area contributed by atoms with Crippen molar-refractivity contribution in [2.24, 2.45) is 5.73 Å². The molecular formula is C17H23N3O. The second kappa shape index (κ2) is 7.20. The second-order valence-corrected chi connectivity index (χ2v) is 5.33. The van der Waals surface area contributed by atoms with Crippen molar-refractivity contribution in [1.82, 2.24) is 9.88 Å². The van der Waals surface area contributed by atoms with E-state index >= 15 is 0 Å². The van der Waals surface area contributed by atoms with Gasteiger partial charge in [0.25, 0.3) is 0 Å². The third kappa shape index (κ3) is 4.55. The van der Waals surface area contributed by atoms with Crippen molar-refractivity contribution in [3.63, 3.8) is 0 Å². The highest BCUT2D eigenvalue weighted by atomic mass is 16.5. The van der Waals surface area contributed by atoms with Crippen LogP contribution in [-0.4, -0.2) is 24.0 Å². The molecule has 1 aromatic carbocycles. The topological polar surface area (TPSA) is 51.4 Å². The normalized spacial score (nSPS) is 10.9. The van der Waals surface area contributed by atoms with E-state index in [2.05, 4.69) is 41.2 Å². The predicted molar refractivity (Wildman–Crippen MR) is 85.0 cm³/mol. The van der Waals surface area contributed by atoms with Crippen LogP contribution in [-0.2, 0) is 19.6 Å². The van der Waals surface area contributed by atoms with Crippen molar-refractivity contribution in [2.75, 3.05) is 14.2 Å². The monoisotopic (exact) mass is 285 g/mol. The van der Waals surface area contributed by atoms with E-state index in [-0.39, 0.29) is 0 Å². The summed E-state index contributed by atoms with van der Waals surface area (Å²) in [6.07, 6.45) is 0. The molecule has 0 saturated heterocycles. The summed E-state index contributed by atoms with van der Waals surface area (Å²) in [4.78, 5) is 6.79. The lowest BCUT2D eigenvalue weighted by molar-refractivity contribution is 0.313. The Morgan fingerprint density at radius 3 is 2.38 bits per heavy atom. The van der Waals surface area contributed by atoms with Crippen LogP contribution in [0.2, 0.25) is 0 Å². The molecule has 21 heavy (non-hydrogen) atoms. The Morgan fingerprint density at radius 1 is 1.10 bits per heavy atom. The Labute approximate surface area is 126 Å². The van der Waals surface area contributed by atoms with E-state index in [4.69, 9.17) is 10.5 Å². The Kier molecular flexibility index (Phi) is 5.31. The summed E-state index contributed by atoms with van der Waals surface area (Å²) in [7, 11) is 3.77. The summed E-state index contributed by atoms with van der Waals surface area (Å²) in [6.45, 7) is 4.24. The first kappa shape index (κ1) is 15.5. The zero-order chi connectivity index (χ0) is 15.2. The molecule has 0 spiro atoms. The van der Waals surface area contributed by atoms with E-state index in [1.165, 1.54) is 5.56 Å². The fourth-order valence-electron chi connectivity index (χ4n) is 2.33. The number of pyridine rings is 1. The van der Waals surface area contributed by atoms with Crippen molar-refractivity contribution >= 4 is 0 Å². The van der Waals surface area contributed by atoms with Gasteiger partial charge in [-0.25, -0.2) is 0 Å². The molecule has 0 amide bonds. The number of nitrogens with zero attached hydrogens (tertiary/aromatic N) is 2. The Morgan fingerprint density at radius 2 is 1.76 bits per heavy atom. The molecule has 0 bridgehead atoms. The third-order valence-electron chi connectivity index (χ3n) is 3.36. The molecule has 0 aliphatic carbocycles. The minimum absolute atomic E-state index is 0.586. The molecule has 0 aliphatic rings. The summed E-state index contributed by atoms with van der Waals surface area (Å²) in [6, 6.07) is 12.3. The van der Waals surface area contributed by atoms with Crippen LogP contribution < -0.4 is 10.5 Å². The third-order valence-corrected chi connectivity index (χ3v) is 3.36. The molecule has 2 rings (SSSR count). The lowest BCUT2D eigenvalue weighted by Crippen LogP contribution is -2.18. The molecule has 0 atom stereocenters. The van der Waals surface area contributed by atoms with Gasteiger partial charge in [0.2, 0.25) is 0 Å². The number of rotatable bonds is 6. The molecule has 4 heteroatoms. The van der Waals surface area contributed by atoms with Crippen LogP contribution in [0.25, 0.3) is 0 Å². The van der Waals surface area contributed by atoms with Crippen molar-refractivity contribution < 1.29 is 4.74 Å². The molecule has 0 aliphatic heterocycles. The number of ether oxygens (including phenoxy) is 1. The lowest BCUT2D eigenvalue weighted by atomic mass is 10.1. The summed E-state index contributed by atoms with van der Waals surface area (Å²) in [5.41, 5.74) is 10.0. The van der Waals surface area contributed by atoms with E-state index in [1.807, 2.05) is 19.1 Å². The van der Waals surface area contributed by atoms with Crippen LogP contribution in [0.4, 0.5) is 0 Å². The maximum Gasteiger partial charge on any atom is 0.122 e. The Bertz CT molecular complexity index is 581. The average Bonchev–Trinajstić information content (AvgIpc) is 2.47. The van der Waals surface area contributed by atoms with Gasteiger partial charge in [0.1, 0.15) is 5.75 Å². The molecule has 112 valence electrons. The number of benzene rings is 1. The highest BCUT2D eigenvalue weighted by Gasteiger charge is 2.05. The highest BCUT2D eigenvalue weighted by molar-refractivity contribution is 5.27. The standard InChI is InChI=1S/C17H23N3O/c1-13-8-17(21-3)9-16(19-13)12-20(2)11-15-6-4-14(10-18)5-7-15/h4-9H,10-12,18H2,1-3H3. The number of aromatic nitrogens is 1. The predicted octanol–water partition coefficient (Wildman–Crippen LogP) is 2.49. The summed E-state index contributed by atoms with van der Waals surface area (Å²) in [5.74, 6) is 0.859.